The maximum absolute atomic E-state index is 11.6. The number of esters is 2. The highest BCUT2D eigenvalue weighted by atomic mass is 79.9. The molecule has 0 spiro atoms. The van der Waals surface area contributed by atoms with Crippen molar-refractivity contribution in [3.63, 3.8) is 0 Å². The van der Waals surface area contributed by atoms with Crippen LogP contribution in [-0.4, -0.2) is 11.9 Å². The fraction of sp³-hybridized carbons (Fsp3) is 0.273. The minimum atomic E-state index is -0.655. The number of benzene rings is 1. The van der Waals surface area contributed by atoms with Crippen molar-refractivity contribution < 1.29 is 14.3 Å². The van der Waals surface area contributed by atoms with Crippen molar-refractivity contribution in [3.8, 4) is 0 Å². The Bertz CT molecular complexity index is 465. The van der Waals surface area contributed by atoms with Gasteiger partial charge in [-0.25, -0.2) is 0 Å². The number of hydrogen-bond acceptors (Lipinski definition) is 3. The van der Waals surface area contributed by atoms with Crippen LogP contribution in [0.2, 0.25) is 0 Å². The first-order valence-corrected chi connectivity index (χ1v) is 5.46. The van der Waals surface area contributed by atoms with Crippen LogP contribution in [0.1, 0.15) is 12.0 Å². The van der Waals surface area contributed by atoms with E-state index in [-0.39, 0.29) is 17.9 Å². The van der Waals surface area contributed by atoms with Crippen LogP contribution < -0.4 is 0 Å². The molecule has 0 aromatic heterocycles. The van der Waals surface area contributed by atoms with Crippen molar-refractivity contribution in [2.24, 2.45) is 5.92 Å². The Morgan fingerprint density at radius 1 is 1.27 bits per heavy atom. The summed E-state index contributed by atoms with van der Waals surface area (Å²) < 4.78 is 5.58. The zero-order valence-corrected chi connectivity index (χ0v) is 9.28. The van der Waals surface area contributed by atoms with Gasteiger partial charge in [0, 0.05) is 4.47 Å². The van der Waals surface area contributed by atoms with E-state index in [0.717, 1.165) is 10.0 Å². The number of cyclic esters (lactones) is 2. The average Bonchev–Trinajstić information content (AvgIpc) is 2.90. The molecule has 0 N–H and O–H groups in total. The molecule has 0 amide bonds. The lowest BCUT2D eigenvalue weighted by Crippen LogP contribution is -2.18. The second-order valence-corrected chi connectivity index (χ2v) is 4.86. The second-order valence-electron chi connectivity index (χ2n) is 3.94. The molecule has 1 saturated carbocycles. The quantitative estimate of drug-likeness (QED) is 0.575. The van der Waals surface area contributed by atoms with Crippen molar-refractivity contribution in [1.29, 1.82) is 0 Å². The third-order valence-electron chi connectivity index (χ3n) is 3.16. The fourth-order valence-corrected chi connectivity index (χ4v) is 2.48. The predicted octanol–water partition coefficient (Wildman–Crippen LogP) is 1.79. The molecule has 3 rings (SSSR count). The normalized spacial score (nSPS) is 32.5. The summed E-state index contributed by atoms with van der Waals surface area (Å²) in [6, 6.07) is 7.47. The molecule has 1 aromatic rings. The monoisotopic (exact) mass is 266 g/mol. The Hall–Kier alpha value is -1.16. The molecule has 1 aliphatic heterocycles. The van der Waals surface area contributed by atoms with Crippen LogP contribution in [0.4, 0.5) is 0 Å². The Kier molecular flexibility index (Phi) is 1.63. The molecular weight excluding hydrogens is 260 g/mol. The molecular formula is C11H7BrO3. The zero-order chi connectivity index (χ0) is 10.6. The molecule has 1 aromatic carbocycles. The van der Waals surface area contributed by atoms with E-state index in [1.165, 1.54) is 0 Å². The first-order chi connectivity index (χ1) is 7.14. The number of carbonyl (C=O) groups is 2. The van der Waals surface area contributed by atoms with E-state index in [9.17, 15) is 9.59 Å². The van der Waals surface area contributed by atoms with Gasteiger partial charge in [-0.2, -0.15) is 0 Å². The van der Waals surface area contributed by atoms with Gasteiger partial charge in [0.2, 0.25) is 0 Å². The molecule has 1 aliphatic carbocycles. The minimum Gasteiger partial charge on any atom is -0.392 e. The van der Waals surface area contributed by atoms with Crippen LogP contribution in [0.15, 0.2) is 28.7 Å². The molecule has 2 fully saturated rings. The summed E-state index contributed by atoms with van der Waals surface area (Å²) in [5.41, 5.74) is 0.226. The van der Waals surface area contributed by atoms with Gasteiger partial charge < -0.3 is 4.74 Å². The Labute approximate surface area is 94.5 Å². The second kappa shape index (κ2) is 2.70. The van der Waals surface area contributed by atoms with Crippen molar-refractivity contribution in [2.75, 3.05) is 0 Å². The van der Waals surface area contributed by atoms with E-state index in [2.05, 4.69) is 20.7 Å². The first-order valence-electron chi connectivity index (χ1n) is 4.67. The lowest BCUT2D eigenvalue weighted by atomic mass is 9.95. The van der Waals surface area contributed by atoms with Crippen molar-refractivity contribution in [3.05, 3.63) is 34.3 Å². The van der Waals surface area contributed by atoms with Gasteiger partial charge in [0.15, 0.2) is 0 Å². The minimum absolute atomic E-state index is 0.244. The lowest BCUT2D eigenvalue weighted by molar-refractivity contribution is -0.155. The highest BCUT2D eigenvalue weighted by Gasteiger charge is 2.71. The van der Waals surface area contributed by atoms with Gasteiger partial charge in [0.25, 0.3) is 0 Å². The number of halogens is 1. The smallest absolute Gasteiger partial charge is 0.325 e. The third kappa shape index (κ3) is 1.05. The third-order valence-corrected chi connectivity index (χ3v) is 3.69. The molecule has 0 radical (unpaired) electrons. The highest BCUT2D eigenvalue weighted by Crippen LogP contribution is 2.59. The van der Waals surface area contributed by atoms with Crippen LogP contribution in [0.25, 0.3) is 0 Å². The lowest BCUT2D eigenvalue weighted by Gasteiger charge is -2.08. The maximum Gasteiger partial charge on any atom is 0.325 e. The van der Waals surface area contributed by atoms with E-state index in [1.807, 2.05) is 24.3 Å². The summed E-state index contributed by atoms with van der Waals surface area (Å²) in [7, 11) is 0. The van der Waals surface area contributed by atoms with Gasteiger partial charge in [0.1, 0.15) is 5.41 Å². The van der Waals surface area contributed by atoms with E-state index >= 15 is 0 Å². The van der Waals surface area contributed by atoms with Gasteiger partial charge in [-0.3, -0.25) is 9.59 Å². The van der Waals surface area contributed by atoms with Crippen LogP contribution in [0.5, 0.6) is 0 Å². The van der Waals surface area contributed by atoms with E-state index in [4.69, 9.17) is 0 Å². The molecule has 3 nitrogen and oxygen atoms in total. The standard InChI is InChI=1S/C11H7BrO3/c12-7-3-1-6(2-4-7)11-5-8(11)9(13)15-10(11)14/h1-4,8H,5H2. The number of rotatable bonds is 1. The Morgan fingerprint density at radius 3 is 2.40 bits per heavy atom. The van der Waals surface area contributed by atoms with E-state index in [0.29, 0.717) is 6.42 Å². The topological polar surface area (TPSA) is 43.4 Å². The van der Waals surface area contributed by atoms with Crippen LogP contribution >= 0.6 is 15.9 Å². The summed E-state index contributed by atoms with van der Waals surface area (Å²) in [5.74, 6) is -1.01. The maximum atomic E-state index is 11.6. The average molecular weight is 267 g/mol. The fourth-order valence-electron chi connectivity index (χ4n) is 2.21. The number of fused-ring (bicyclic) bond motifs is 1. The molecule has 1 saturated heterocycles. The molecule has 76 valence electrons. The highest BCUT2D eigenvalue weighted by molar-refractivity contribution is 9.10. The molecule has 2 atom stereocenters. The SMILES string of the molecule is O=C1OC(=O)C2(c3ccc(Br)cc3)CC12. The number of carbonyl (C=O) groups excluding carboxylic acids is 2. The van der Waals surface area contributed by atoms with Crippen molar-refractivity contribution in [1.82, 2.24) is 0 Å². The number of hydrogen-bond donors (Lipinski definition) is 0. The van der Waals surface area contributed by atoms with Crippen molar-refractivity contribution >= 4 is 27.9 Å². The van der Waals surface area contributed by atoms with Gasteiger partial charge in [-0.15, -0.1) is 0 Å². The first kappa shape index (κ1) is 9.09. The Morgan fingerprint density at radius 2 is 1.93 bits per heavy atom. The largest absolute Gasteiger partial charge is 0.392 e. The zero-order valence-electron chi connectivity index (χ0n) is 7.70. The van der Waals surface area contributed by atoms with Gasteiger partial charge in [-0.1, -0.05) is 28.1 Å². The molecule has 0 bridgehead atoms. The molecule has 4 heteroatoms. The summed E-state index contributed by atoms with van der Waals surface area (Å²) in [6.45, 7) is 0. The van der Waals surface area contributed by atoms with E-state index in [1.54, 1.807) is 0 Å². The van der Waals surface area contributed by atoms with Crippen LogP contribution in [0, 0.1) is 5.92 Å². The molecule has 15 heavy (non-hydrogen) atoms. The summed E-state index contributed by atoms with van der Waals surface area (Å²) in [6.07, 6.45) is 0.603. The summed E-state index contributed by atoms with van der Waals surface area (Å²) in [5, 5.41) is 0. The summed E-state index contributed by atoms with van der Waals surface area (Å²) in [4.78, 5) is 22.8. The predicted molar refractivity (Wildman–Crippen MR) is 55.0 cm³/mol. The molecule has 2 aliphatic rings. The molecule has 1 heterocycles. The van der Waals surface area contributed by atoms with E-state index < -0.39 is 5.41 Å². The van der Waals surface area contributed by atoms with Gasteiger partial charge in [-0.05, 0) is 24.1 Å². The molecule has 2 unspecified atom stereocenters. The Balaban J connectivity index is 2.06. The summed E-state index contributed by atoms with van der Waals surface area (Å²) >= 11 is 3.33. The number of ether oxygens (including phenoxy) is 1. The van der Waals surface area contributed by atoms with Crippen molar-refractivity contribution in [2.45, 2.75) is 11.8 Å². The van der Waals surface area contributed by atoms with Crippen LogP contribution in [-0.2, 0) is 19.7 Å². The van der Waals surface area contributed by atoms with Gasteiger partial charge in [0.05, 0.1) is 5.92 Å². The van der Waals surface area contributed by atoms with Gasteiger partial charge >= 0.3 is 11.9 Å². The van der Waals surface area contributed by atoms with Crippen LogP contribution in [0.3, 0.4) is 0 Å².